The minimum absolute atomic E-state index is 0.458. The lowest BCUT2D eigenvalue weighted by Crippen LogP contribution is -1.97. The molecule has 0 saturated carbocycles. The van der Waals surface area contributed by atoms with E-state index < -0.39 is 0 Å². The van der Waals surface area contributed by atoms with E-state index in [-0.39, 0.29) is 0 Å². The van der Waals surface area contributed by atoms with Gasteiger partial charge in [-0.1, -0.05) is 29.3 Å². The van der Waals surface area contributed by atoms with E-state index >= 15 is 0 Å². The number of nitrogens with zero attached hydrogens (tertiary/aromatic N) is 4. The molecule has 2 aromatic heterocycles. The number of fused-ring (bicyclic) bond motifs is 1. The molecule has 0 aliphatic carbocycles. The summed E-state index contributed by atoms with van der Waals surface area (Å²) < 4.78 is 1.68. The minimum Gasteiger partial charge on any atom is -0.338 e. The van der Waals surface area contributed by atoms with Crippen molar-refractivity contribution in [3.8, 4) is 0 Å². The number of hydrogen-bond donors (Lipinski definition) is 1. The van der Waals surface area contributed by atoms with Crippen LogP contribution < -0.4 is 5.32 Å². The Kier molecular flexibility index (Phi) is 3.00. The number of benzene rings is 1. The Hall–Kier alpha value is -1.85. The number of aromatic nitrogens is 4. The van der Waals surface area contributed by atoms with Crippen molar-refractivity contribution in [3.63, 3.8) is 0 Å². The molecule has 5 nitrogen and oxygen atoms in total. The average Bonchev–Trinajstić information content (AvgIpc) is 2.78. The molecular formula is C12H9Cl2N5. The highest BCUT2D eigenvalue weighted by Gasteiger charge is 2.10. The monoisotopic (exact) mass is 293 g/mol. The van der Waals surface area contributed by atoms with Crippen LogP contribution in [0.15, 0.2) is 30.7 Å². The highest BCUT2D eigenvalue weighted by Crippen LogP contribution is 2.32. The summed E-state index contributed by atoms with van der Waals surface area (Å²) >= 11 is 12.1. The van der Waals surface area contributed by atoms with Crippen molar-refractivity contribution in [2.75, 3.05) is 5.32 Å². The lowest BCUT2D eigenvalue weighted by atomic mass is 10.3. The maximum Gasteiger partial charge on any atom is 0.163 e. The van der Waals surface area contributed by atoms with Crippen molar-refractivity contribution >= 4 is 45.7 Å². The normalized spacial score (nSPS) is 10.9. The molecule has 0 saturated heterocycles. The molecule has 0 unspecified atom stereocenters. The number of aryl methyl sites for hydroxylation is 1. The fraction of sp³-hybridized carbons (Fsp3) is 0.0833. The third kappa shape index (κ3) is 2.11. The summed E-state index contributed by atoms with van der Waals surface area (Å²) in [5.74, 6) is 0.641. The Bertz CT molecular complexity index is 753. The first-order chi connectivity index (χ1) is 9.16. The summed E-state index contributed by atoms with van der Waals surface area (Å²) in [5, 5.41) is 9.07. The van der Waals surface area contributed by atoms with Crippen LogP contribution >= 0.6 is 23.2 Å². The van der Waals surface area contributed by atoms with Gasteiger partial charge in [-0.25, -0.2) is 9.97 Å². The summed E-state index contributed by atoms with van der Waals surface area (Å²) in [6.45, 7) is 0. The van der Waals surface area contributed by atoms with Gasteiger partial charge in [0.15, 0.2) is 5.65 Å². The molecule has 1 aromatic carbocycles. The van der Waals surface area contributed by atoms with E-state index in [0.29, 0.717) is 21.6 Å². The van der Waals surface area contributed by atoms with Crippen LogP contribution in [0.2, 0.25) is 10.0 Å². The zero-order valence-electron chi connectivity index (χ0n) is 9.93. The van der Waals surface area contributed by atoms with E-state index in [0.717, 1.165) is 11.0 Å². The van der Waals surface area contributed by atoms with Crippen LogP contribution in [0.1, 0.15) is 0 Å². The topological polar surface area (TPSA) is 55.6 Å². The minimum atomic E-state index is 0.458. The predicted octanol–water partition coefficient (Wildman–Crippen LogP) is 3.41. The van der Waals surface area contributed by atoms with Gasteiger partial charge in [0, 0.05) is 7.05 Å². The van der Waals surface area contributed by atoms with Gasteiger partial charge in [-0.3, -0.25) is 4.68 Å². The Labute approximate surface area is 119 Å². The molecule has 0 amide bonds. The van der Waals surface area contributed by atoms with E-state index in [4.69, 9.17) is 23.2 Å². The zero-order valence-corrected chi connectivity index (χ0v) is 11.4. The second-order valence-corrected chi connectivity index (χ2v) is 4.74. The first-order valence-corrected chi connectivity index (χ1v) is 6.26. The molecule has 0 spiro atoms. The van der Waals surface area contributed by atoms with Crippen molar-refractivity contribution in [1.82, 2.24) is 19.7 Å². The third-order valence-corrected chi connectivity index (χ3v) is 3.55. The lowest BCUT2D eigenvalue weighted by molar-refractivity contribution is 0.785. The summed E-state index contributed by atoms with van der Waals surface area (Å²) in [6.07, 6.45) is 3.18. The van der Waals surface area contributed by atoms with Gasteiger partial charge in [-0.15, -0.1) is 0 Å². The number of hydrogen-bond acceptors (Lipinski definition) is 4. The predicted molar refractivity (Wildman–Crippen MR) is 76.0 cm³/mol. The number of rotatable bonds is 2. The summed E-state index contributed by atoms with van der Waals surface area (Å²) in [7, 11) is 1.82. The van der Waals surface area contributed by atoms with Crippen LogP contribution in [0.25, 0.3) is 11.0 Å². The third-order valence-electron chi connectivity index (χ3n) is 2.73. The number of nitrogens with one attached hydrogen (secondary N) is 1. The van der Waals surface area contributed by atoms with Crippen LogP contribution in [-0.2, 0) is 7.05 Å². The fourth-order valence-corrected chi connectivity index (χ4v) is 2.14. The zero-order chi connectivity index (χ0) is 13.4. The van der Waals surface area contributed by atoms with Gasteiger partial charge in [-0.05, 0) is 12.1 Å². The van der Waals surface area contributed by atoms with Crippen molar-refractivity contribution in [1.29, 1.82) is 0 Å². The van der Waals surface area contributed by atoms with E-state index in [1.165, 1.54) is 6.33 Å². The SMILES string of the molecule is Cn1ncc2c(Nc3cccc(Cl)c3Cl)ncnc21. The van der Waals surface area contributed by atoms with Crippen molar-refractivity contribution < 1.29 is 0 Å². The molecule has 7 heteroatoms. The quantitative estimate of drug-likeness (QED) is 0.787. The lowest BCUT2D eigenvalue weighted by Gasteiger charge is -2.08. The molecule has 3 rings (SSSR count). The second kappa shape index (κ2) is 4.68. The Morgan fingerprint density at radius 2 is 2.05 bits per heavy atom. The van der Waals surface area contributed by atoms with Gasteiger partial charge in [-0.2, -0.15) is 5.10 Å². The van der Waals surface area contributed by atoms with E-state index in [2.05, 4.69) is 20.4 Å². The molecule has 19 heavy (non-hydrogen) atoms. The molecule has 0 aliphatic rings. The van der Waals surface area contributed by atoms with Crippen LogP contribution in [0.4, 0.5) is 11.5 Å². The summed E-state index contributed by atoms with van der Waals surface area (Å²) in [6, 6.07) is 5.38. The molecule has 0 atom stereocenters. The standard InChI is InChI=1S/C12H9Cl2N5/c1-19-12-7(5-17-19)11(15-6-16-12)18-9-4-2-3-8(13)10(9)14/h2-6H,1H3,(H,15,16,18). The molecule has 0 radical (unpaired) electrons. The molecule has 2 heterocycles. The highest BCUT2D eigenvalue weighted by molar-refractivity contribution is 6.43. The number of halogens is 2. The smallest absolute Gasteiger partial charge is 0.163 e. The van der Waals surface area contributed by atoms with Gasteiger partial charge in [0.1, 0.15) is 12.1 Å². The highest BCUT2D eigenvalue weighted by atomic mass is 35.5. The molecular weight excluding hydrogens is 285 g/mol. The van der Waals surface area contributed by atoms with Crippen LogP contribution in [-0.4, -0.2) is 19.7 Å². The number of anilines is 2. The van der Waals surface area contributed by atoms with Crippen molar-refractivity contribution in [2.24, 2.45) is 7.05 Å². The largest absolute Gasteiger partial charge is 0.338 e. The van der Waals surface area contributed by atoms with Gasteiger partial charge >= 0.3 is 0 Å². The van der Waals surface area contributed by atoms with Gasteiger partial charge in [0.2, 0.25) is 0 Å². The maximum atomic E-state index is 6.14. The van der Waals surface area contributed by atoms with Crippen LogP contribution in [0, 0.1) is 0 Å². The summed E-state index contributed by atoms with van der Waals surface area (Å²) in [5.41, 5.74) is 1.44. The van der Waals surface area contributed by atoms with Crippen molar-refractivity contribution in [2.45, 2.75) is 0 Å². The molecule has 0 fully saturated rings. The maximum absolute atomic E-state index is 6.14. The van der Waals surface area contributed by atoms with Crippen LogP contribution in [0.5, 0.6) is 0 Å². The summed E-state index contributed by atoms with van der Waals surface area (Å²) in [4.78, 5) is 8.38. The van der Waals surface area contributed by atoms with E-state index in [1.54, 1.807) is 16.9 Å². The molecule has 96 valence electrons. The first kappa shape index (κ1) is 12.2. The van der Waals surface area contributed by atoms with Gasteiger partial charge in [0.05, 0.1) is 27.3 Å². The Morgan fingerprint density at radius 3 is 2.89 bits per heavy atom. The van der Waals surface area contributed by atoms with E-state index in [9.17, 15) is 0 Å². The first-order valence-electron chi connectivity index (χ1n) is 5.50. The molecule has 0 aliphatic heterocycles. The average molecular weight is 294 g/mol. The molecule has 0 bridgehead atoms. The fourth-order valence-electron chi connectivity index (χ4n) is 1.79. The van der Waals surface area contributed by atoms with Crippen molar-refractivity contribution in [3.05, 3.63) is 40.8 Å². The Morgan fingerprint density at radius 1 is 1.21 bits per heavy atom. The molecule has 1 N–H and O–H groups in total. The molecule has 3 aromatic rings. The van der Waals surface area contributed by atoms with Crippen LogP contribution in [0.3, 0.4) is 0 Å². The second-order valence-electron chi connectivity index (χ2n) is 3.95. The van der Waals surface area contributed by atoms with Gasteiger partial charge in [0.25, 0.3) is 0 Å². The Balaban J connectivity index is 2.08. The van der Waals surface area contributed by atoms with Gasteiger partial charge < -0.3 is 5.32 Å². The van der Waals surface area contributed by atoms with E-state index in [1.807, 2.05) is 19.2 Å².